The maximum absolute atomic E-state index is 13.7. The summed E-state index contributed by atoms with van der Waals surface area (Å²) in [6.45, 7) is 7.82. The summed E-state index contributed by atoms with van der Waals surface area (Å²) >= 11 is 0. The minimum absolute atomic E-state index is 0.176. The Morgan fingerprint density at radius 3 is 2.24 bits per heavy atom. The molecule has 1 unspecified atom stereocenters. The Hall–Kier alpha value is -3.30. The highest BCUT2D eigenvalue weighted by Crippen LogP contribution is 2.28. The second kappa shape index (κ2) is 13.0. The van der Waals surface area contributed by atoms with E-state index in [1.807, 2.05) is 58.0 Å². The molecule has 0 radical (unpaired) electrons. The van der Waals surface area contributed by atoms with Crippen molar-refractivity contribution in [2.45, 2.75) is 58.0 Å². The van der Waals surface area contributed by atoms with Crippen LogP contribution < -0.4 is 9.47 Å². The highest BCUT2D eigenvalue weighted by Gasteiger charge is 2.32. The van der Waals surface area contributed by atoms with Gasteiger partial charge < -0.3 is 18.8 Å². The molecule has 0 spiro atoms. The molecule has 0 aliphatic carbocycles. The third kappa shape index (κ3) is 7.17. The van der Waals surface area contributed by atoms with Gasteiger partial charge in [0, 0.05) is 12.6 Å². The zero-order valence-corrected chi connectivity index (χ0v) is 23.9. The molecule has 0 fully saturated rings. The van der Waals surface area contributed by atoms with Crippen LogP contribution in [0.5, 0.6) is 11.5 Å². The third-order valence-electron chi connectivity index (χ3n) is 6.61. The van der Waals surface area contributed by atoms with Crippen molar-refractivity contribution >= 4 is 15.9 Å². The number of amides is 1. The standard InChI is InChI=1S/C29H38N2O6S/c1-7-22(3)31(38(33,34)26-13-8-21(2)9-14-26)20-29(32)30(19-25-12-10-23(4)37-25)17-16-24-11-15-27(35-5)28(18-24)36-6/h8-15,18,22H,7,16-17,19-20H2,1-6H3. The van der Waals surface area contributed by atoms with Crippen LogP contribution in [0.3, 0.4) is 0 Å². The largest absolute Gasteiger partial charge is 0.493 e. The molecule has 8 nitrogen and oxygen atoms in total. The van der Waals surface area contributed by atoms with Gasteiger partial charge in [-0.25, -0.2) is 8.42 Å². The minimum Gasteiger partial charge on any atom is -0.493 e. The lowest BCUT2D eigenvalue weighted by molar-refractivity contribution is -0.132. The molecule has 0 saturated carbocycles. The number of aryl methyl sites for hydroxylation is 2. The van der Waals surface area contributed by atoms with Crippen molar-refractivity contribution in [3.63, 3.8) is 0 Å². The normalized spacial score (nSPS) is 12.4. The van der Waals surface area contributed by atoms with Crippen molar-refractivity contribution in [1.29, 1.82) is 0 Å². The second-order valence-corrected chi connectivity index (χ2v) is 11.3. The highest BCUT2D eigenvalue weighted by atomic mass is 32.2. The van der Waals surface area contributed by atoms with E-state index in [0.29, 0.717) is 36.6 Å². The fourth-order valence-corrected chi connectivity index (χ4v) is 5.76. The summed E-state index contributed by atoms with van der Waals surface area (Å²) in [6.07, 6.45) is 1.11. The van der Waals surface area contributed by atoms with Gasteiger partial charge in [0.05, 0.1) is 32.2 Å². The fraction of sp³-hybridized carbons (Fsp3) is 0.414. The Bertz CT molecular complexity index is 1320. The lowest BCUT2D eigenvalue weighted by Gasteiger charge is -2.30. The summed E-state index contributed by atoms with van der Waals surface area (Å²) in [5.41, 5.74) is 1.92. The minimum atomic E-state index is -3.88. The summed E-state index contributed by atoms with van der Waals surface area (Å²) in [7, 11) is -0.720. The van der Waals surface area contributed by atoms with Crippen LogP contribution >= 0.6 is 0 Å². The first-order valence-electron chi connectivity index (χ1n) is 12.7. The molecule has 206 valence electrons. The fourth-order valence-electron chi connectivity index (χ4n) is 4.11. The summed E-state index contributed by atoms with van der Waals surface area (Å²) in [5.74, 6) is 2.32. The highest BCUT2D eigenvalue weighted by molar-refractivity contribution is 7.89. The van der Waals surface area contributed by atoms with Crippen LogP contribution in [0.15, 0.2) is 63.9 Å². The van der Waals surface area contributed by atoms with E-state index in [0.717, 1.165) is 16.9 Å². The number of methoxy groups -OCH3 is 2. The van der Waals surface area contributed by atoms with Crippen LogP contribution in [-0.2, 0) is 27.8 Å². The lowest BCUT2D eigenvalue weighted by Crippen LogP contribution is -2.46. The summed E-state index contributed by atoms with van der Waals surface area (Å²) in [5, 5.41) is 0. The van der Waals surface area contributed by atoms with Crippen LogP contribution in [0.2, 0.25) is 0 Å². The number of sulfonamides is 1. The van der Waals surface area contributed by atoms with Crippen LogP contribution in [0.4, 0.5) is 0 Å². The lowest BCUT2D eigenvalue weighted by atomic mass is 10.1. The van der Waals surface area contributed by atoms with E-state index in [1.165, 1.54) is 4.31 Å². The SMILES string of the molecule is CCC(C)N(CC(=O)N(CCc1ccc(OC)c(OC)c1)Cc1ccc(C)o1)S(=O)(=O)c1ccc(C)cc1. The van der Waals surface area contributed by atoms with Crippen LogP contribution in [0, 0.1) is 13.8 Å². The molecule has 3 aromatic rings. The van der Waals surface area contributed by atoms with Gasteiger partial charge in [0.15, 0.2) is 11.5 Å². The van der Waals surface area contributed by atoms with Crippen molar-refractivity contribution in [2.24, 2.45) is 0 Å². The van der Waals surface area contributed by atoms with Crippen molar-refractivity contribution in [1.82, 2.24) is 9.21 Å². The Balaban J connectivity index is 1.86. The number of furan rings is 1. The van der Waals surface area contributed by atoms with Crippen LogP contribution in [0.25, 0.3) is 0 Å². The predicted octanol–water partition coefficient (Wildman–Crippen LogP) is 4.97. The number of rotatable bonds is 13. The number of benzene rings is 2. The zero-order chi connectivity index (χ0) is 27.9. The number of ether oxygens (including phenoxy) is 2. The maximum Gasteiger partial charge on any atom is 0.243 e. The molecule has 9 heteroatoms. The first kappa shape index (κ1) is 29.3. The summed E-state index contributed by atoms with van der Waals surface area (Å²) in [6, 6.07) is 15.7. The smallest absolute Gasteiger partial charge is 0.243 e. The number of hydrogen-bond donors (Lipinski definition) is 0. The van der Waals surface area contributed by atoms with Gasteiger partial charge in [0.1, 0.15) is 11.5 Å². The summed E-state index contributed by atoms with van der Waals surface area (Å²) < 4.78 is 45.0. The van der Waals surface area contributed by atoms with E-state index >= 15 is 0 Å². The van der Waals surface area contributed by atoms with E-state index in [1.54, 1.807) is 43.4 Å². The third-order valence-corrected chi connectivity index (χ3v) is 8.59. The Morgan fingerprint density at radius 2 is 1.66 bits per heavy atom. The Labute approximate surface area is 226 Å². The maximum atomic E-state index is 13.7. The van der Waals surface area contributed by atoms with E-state index in [2.05, 4.69) is 0 Å². The molecule has 38 heavy (non-hydrogen) atoms. The second-order valence-electron chi connectivity index (χ2n) is 9.39. The van der Waals surface area contributed by atoms with E-state index in [4.69, 9.17) is 13.9 Å². The first-order valence-corrected chi connectivity index (χ1v) is 14.2. The van der Waals surface area contributed by atoms with Crippen molar-refractivity contribution < 1.29 is 27.1 Å². The van der Waals surface area contributed by atoms with Crippen LogP contribution in [-0.4, -0.2) is 56.9 Å². The quantitative estimate of drug-likeness (QED) is 0.303. The van der Waals surface area contributed by atoms with Gasteiger partial charge in [-0.05, 0) is 75.6 Å². The molecule has 3 rings (SSSR count). The van der Waals surface area contributed by atoms with Gasteiger partial charge >= 0.3 is 0 Å². The van der Waals surface area contributed by atoms with Gasteiger partial charge in [-0.1, -0.05) is 30.7 Å². The van der Waals surface area contributed by atoms with Gasteiger partial charge in [-0.3, -0.25) is 4.79 Å². The number of carbonyl (C=O) groups is 1. The van der Waals surface area contributed by atoms with Crippen molar-refractivity contribution in [3.8, 4) is 11.5 Å². The van der Waals surface area contributed by atoms with Gasteiger partial charge in [-0.2, -0.15) is 4.31 Å². The molecule has 0 N–H and O–H groups in total. The molecule has 1 amide bonds. The molecule has 0 saturated heterocycles. The van der Waals surface area contributed by atoms with E-state index in [9.17, 15) is 13.2 Å². The number of carbonyl (C=O) groups excluding carboxylic acids is 1. The average molecular weight is 543 g/mol. The molecular formula is C29H38N2O6S. The van der Waals surface area contributed by atoms with Gasteiger partial charge in [0.2, 0.25) is 15.9 Å². The van der Waals surface area contributed by atoms with Crippen LogP contribution in [0.1, 0.15) is 42.9 Å². The molecule has 1 atom stereocenters. The predicted molar refractivity (Wildman–Crippen MR) is 147 cm³/mol. The molecule has 0 aliphatic heterocycles. The molecule has 1 aromatic heterocycles. The Kier molecular flexibility index (Phi) is 9.99. The number of hydrogen-bond acceptors (Lipinski definition) is 6. The van der Waals surface area contributed by atoms with E-state index < -0.39 is 10.0 Å². The average Bonchev–Trinajstić information content (AvgIpc) is 3.33. The topological polar surface area (TPSA) is 89.3 Å². The molecular weight excluding hydrogens is 504 g/mol. The zero-order valence-electron chi connectivity index (χ0n) is 23.1. The van der Waals surface area contributed by atoms with Gasteiger partial charge in [-0.15, -0.1) is 0 Å². The molecule has 1 heterocycles. The molecule has 0 aliphatic rings. The van der Waals surface area contributed by atoms with Crippen molar-refractivity contribution in [3.05, 3.63) is 77.2 Å². The monoisotopic (exact) mass is 542 g/mol. The first-order chi connectivity index (χ1) is 18.1. The summed E-state index contributed by atoms with van der Waals surface area (Å²) in [4.78, 5) is 15.5. The van der Waals surface area contributed by atoms with Gasteiger partial charge in [0.25, 0.3) is 0 Å². The molecule has 0 bridgehead atoms. The van der Waals surface area contributed by atoms with Crippen molar-refractivity contribution in [2.75, 3.05) is 27.3 Å². The Morgan fingerprint density at radius 1 is 0.974 bits per heavy atom. The van der Waals surface area contributed by atoms with E-state index in [-0.39, 0.29) is 29.9 Å². The number of nitrogens with zero attached hydrogens (tertiary/aromatic N) is 2. The molecule has 2 aromatic carbocycles.